The summed E-state index contributed by atoms with van der Waals surface area (Å²) in [6, 6.07) is 13.2. The molecule has 0 spiro atoms. The van der Waals surface area contributed by atoms with Crippen LogP contribution in [0.3, 0.4) is 0 Å². The van der Waals surface area contributed by atoms with E-state index in [-0.39, 0.29) is 5.41 Å². The summed E-state index contributed by atoms with van der Waals surface area (Å²) in [5.74, 6) is 1.62. The van der Waals surface area contributed by atoms with Crippen LogP contribution in [0, 0.1) is 11.3 Å². The fraction of sp³-hybridized carbons (Fsp3) is 0.333. The third-order valence-corrected chi connectivity index (χ3v) is 9.04. The summed E-state index contributed by atoms with van der Waals surface area (Å²) in [6.45, 7) is 6.88. The highest BCUT2D eigenvalue weighted by atomic mass is 32.2. The molecule has 0 radical (unpaired) electrons. The zero-order valence-electron chi connectivity index (χ0n) is 17.4. The minimum absolute atomic E-state index is 0.224. The predicted molar refractivity (Wildman–Crippen MR) is 124 cm³/mol. The first-order chi connectivity index (χ1) is 14.2. The number of thiophene rings is 1. The van der Waals surface area contributed by atoms with E-state index in [1.807, 2.05) is 30.3 Å². The molecule has 1 atom stereocenters. The second-order valence-corrected chi connectivity index (χ2v) is 12.1. The highest BCUT2D eigenvalue weighted by Gasteiger charge is 2.32. The molecule has 1 unspecified atom stereocenters. The van der Waals surface area contributed by atoms with Crippen LogP contribution in [-0.2, 0) is 22.9 Å². The van der Waals surface area contributed by atoms with Crippen molar-refractivity contribution < 1.29 is 12.8 Å². The number of benzene rings is 2. The third-order valence-electron chi connectivity index (χ3n) is 6.28. The van der Waals surface area contributed by atoms with Gasteiger partial charge in [0.25, 0.3) is 10.0 Å². The van der Waals surface area contributed by atoms with Crippen molar-refractivity contribution in [3.8, 4) is 0 Å². The Morgan fingerprint density at radius 3 is 2.53 bits per heavy atom. The molecular formula is C24H25NO3S2. The van der Waals surface area contributed by atoms with E-state index in [9.17, 15) is 8.42 Å². The van der Waals surface area contributed by atoms with E-state index in [1.165, 1.54) is 16.9 Å². The molecule has 2 aromatic heterocycles. The largest absolute Gasteiger partial charge is 0.460 e. The van der Waals surface area contributed by atoms with Crippen LogP contribution in [0.25, 0.3) is 21.7 Å². The molecule has 0 bridgehead atoms. The van der Waals surface area contributed by atoms with E-state index in [2.05, 4.69) is 25.5 Å². The molecule has 0 amide bonds. The number of fused-ring (bicyclic) bond motifs is 5. The van der Waals surface area contributed by atoms with E-state index >= 15 is 0 Å². The first-order valence-electron chi connectivity index (χ1n) is 10.3. The maximum Gasteiger partial charge on any atom is 0.271 e. The van der Waals surface area contributed by atoms with E-state index in [4.69, 9.17) is 4.42 Å². The van der Waals surface area contributed by atoms with Gasteiger partial charge in [-0.3, -0.25) is 4.72 Å². The Balaban J connectivity index is 1.70. The van der Waals surface area contributed by atoms with E-state index in [0.717, 1.165) is 46.8 Å². The molecule has 4 aromatic rings. The highest BCUT2D eigenvalue weighted by molar-refractivity contribution is 7.94. The molecule has 1 aliphatic rings. The van der Waals surface area contributed by atoms with Crippen LogP contribution in [0.4, 0.5) is 5.69 Å². The Morgan fingerprint density at radius 2 is 1.83 bits per heavy atom. The molecule has 0 aliphatic heterocycles. The summed E-state index contributed by atoms with van der Waals surface area (Å²) in [7, 11) is -3.63. The van der Waals surface area contributed by atoms with Gasteiger partial charge in [-0.15, -0.1) is 11.3 Å². The first-order valence-corrected chi connectivity index (χ1v) is 12.6. The van der Waals surface area contributed by atoms with Gasteiger partial charge in [0.2, 0.25) is 0 Å². The van der Waals surface area contributed by atoms with Crippen molar-refractivity contribution >= 4 is 48.8 Å². The minimum Gasteiger partial charge on any atom is -0.460 e. The minimum atomic E-state index is -3.63. The fourth-order valence-corrected chi connectivity index (χ4v) is 6.60. The van der Waals surface area contributed by atoms with Gasteiger partial charge in [0.1, 0.15) is 15.6 Å². The molecule has 30 heavy (non-hydrogen) atoms. The average Bonchev–Trinajstić information content (AvgIpc) is 3.35. The number of hydrogen-bond acceptors (Lipinski definition) is 4. The lowest BCUT2D eigenvalue weighted by Crippen LogP contribution is -2.26. The lowest BCUT2D eigenvalue weighted by Gasteiger charge is -2.33. The summed E-state index contributed by atoms with van der Waals surface area (Å²) in [4.78, 5) is 0. The molecule has 1 N–H and O–H groups in total. The zero-order valence-corrected chi connectivity index (χ0v) is 19.0. The lowest BCUT2D eigenvalue weighted by molar-refractivity contribution is 0.210. The quantitative estimate of drug-likeness (QED) is 0.391. The SMILES string of the molecule is CC(C)(C)C1CCc2oc3c(cc(NS(=O)(=O)c4cccs4)c4ccccc43)c2C1. The number of aryl methyl sites for hydroxylation is 1. The summed E-state index contributed by atoms with van der Waals surface area (Å²) < 4.78 is 35.4. The topological polar surface area (TPSA) is 59.3 Å². The normalized spacial score (nSPS) is 17.4. The van der Waals surface area contributed by atoms with Crippen molar-refractivity contribution in [3.63, 3.8) is 0 Å². The van der Waals surface area contributed by atoms with Gasteiger partial charge in [0.15, 0.2) is 0 Å². The standard InChI is InChI=1S/C24H25NO3S2/c1-24(2,3)15-10-11-21-18(13-15)19-14-20(25-30(26,27)22-9-6-12-29-22)16-7-4-5-8-17(16)23(19)28-21/h4-9,12,14-15,25H,10-11,13H2,1-3H3. The third kappa shape index (κ3) is 3.22. The molecule has 2 aromatic carbocycles. The molecule has 0 saturated carbocycles. The average molecular weight is 440 g/mol. The van der Waals surface area contributed by atoms with Gasteiger partial charge in [-0.2, -0.15) is 0 Å². The summed E-state index contributed by atoms with van der Waals surface area (Å²) >= 11 is 1.22. The van der Waals surface area contributed by atoms with E-state index in [1.54, 1.807) is 17.5 Å². The Morgan fingerprint density at radius 1 is 1.07 bits per heavy atom. The number of nitrogens with one attached hydrogen (secondary N) is 1. The van der Waals surface area contributed by atoms with Gasteiger partial charge in [0.05, 0.1) is 5.69 Å². The van der Waals surface area contributed by atoms with Gasteiger partial charge < -0.3 is 4.42 Å². The van der Waals surface area contributed by atoms with Gasteiger partial charge >= 0.3 is 0 Å². The molecule has 2 heterocycles. The number of furan rings is 1. The maximum atomic E-state index is 12.9. The molecule has 6 heteroatoms. The molecule has 4 nitrogen and oxygen atoms in total. The van der Waals surface area contributed by atoms with Crippen molar-refractivity contribution in [2.75, 3.05) is 4.72 Å². The summed E-state index contributed by atoms with van der Waals surface area (Å²) in [5.41, 5.74) is 2.93. The summed E-state index contributed by atoms with van der Waals surface area (Å²) in [6.07, 6.45) is 3.00. The molecule has 0 fully saturated rings. The number of rotatable bonds is 3. The first kappa shape index (κ1) is 19.6. The van der Waals surface area contributed by atoms with Crippen molar-refractivity contribution in [1.82, 2.24) is 0 Å². The monoisotopic (exact) mass is 439 g/mol. The van der Waals surface area contributed by atoms with Crippen LogP contribution in [-0.4, -0.2) is 8.42 Å². The Labute approximate surface area is 181 Å². The smallest absolute Gasteiger partial charge is 0.271 e. The van der Waals surface area contributed by atoms with Crippen LogP contribution in [0.15, 0.2) is 56.5 Å². The van der Waals surface area contributed by atoms with Crippen LogP contribution in [0.1, 0.15) is 38.5 Å². The Kier molecular flexibility index (Phi) is 4.49. The molecule has 0 saturated heterocycles. The number of hydrogen-bond donors (Lipinski definition) is 1. The van der Waals surface area contributed by atoms with Crippen LogP contribution in [0.2, 0.25) is 0 Å². The predicted octanol–water partition coefficient (Wildman–Crippen LogP) is 6.60. The van der Waals surface area contributed by atoms with Gasteiger partial charge in [-0.1, -0.05) is 51.1 Å². The Hall–Kier alpha value is -2.31. The fourth-order valence-electron chi connectivity index (χ4n) is 4.53. The lowest BCUT2D eigenvalue weighted by atomic mass is 9.71. The zero-order chi connectivity index (χ0) is 21.1. The highest BCUT2D eigenvalue weighted by Crippen LogP contribution is 2.44. The van der Waals surface area contributed by atoms with Crippen LogP contribution in [0.5, 0.6) is 0 Å². The van der Waals surface area contributed by atoms with Crippen molar-refractivity contribution in [3.05, 3.63) is 59.2 Å². The van der Waals surface area contributed by atoms with Crippen molar-refractivity contribution in [1.29, 1.82) is 0 Å². The molecule has 156 valence electrons. The Bertz CT molecular complexity index is 1340. The van der Waals surface area contributed by atoms with Gasteiger partial charge in [0, 0.05) is 28.1 Å². The van der Waals surface area contributed by atoms with E-state index in [0.29, 0.717) is 15.8 Å². The van der Waals surface area contributed by atoms with Crippen molar-refractivity contribution in [2.24, 2.45) is 11.3 Å². The second-order valence-electron chi connectivity index (χ2n) is 9.19. The van der Waals surface area contributed by atoms with Gasteiger partial charge in [-0.25, -0.2) is 8.42 Å². The number of anilines is 1. The molecular weight excluding hydrogens is 414 g/mol. The van der Waals surface area contributed by atoms with Crippen molar-refractivity contribution in [2.45, 2.75) is 44.2 Å². The molecule has 1 aliphatic carbocycles. The van der Waals surface area contributed by atoms with E-state index < -0.39 is 10.0 Å². The maximum absolute atomic E-state index is 12.9. The van der Waals surface area contributed by atoms with Crippen LogP contribution >= 0.6 is 11.3 Å². The van der Waals surface area contributed by atoms with Gasteiger partial charge in [-0.05, 0) is 41.7 Å². The second kappa shape index (κ2) is 6.86. The number of sulfonamides is 1. The summed E-state index contributed by atoms with van der Waals surface area (Å²) in [5, 5.41) is 4.60. The molecule has 5 rings (SSSR count). The van der Waals surface area contributed by atoms with Crippen LogP contribution < -0.4 is 4.72 Å².